The van der Waals surface area contributed by atoms with Crippen molar-refractivity contribution in [3.63, 3.8) is 0 Å². The molecule has 2 aromatic heterocycles. The first kappa shape index (κ1) is 15.6. The second-order valence-electron chi connectivity index (χ2n) is 6.17. The van der Waals surface area contributed by atoms with Crippen LogP contribution in [0.5, 0.6) is 5.75 Å². The first-order chi connectivity index (χ1) is 11.7. The lowest BCUT2D eigenvalue weighted by Gasteiger charge is -2.38. The average Bonchev–Trinajstić information content (AvgIpc) is 3.05. The highest BCUT2D eigenvalue weighted by Crippen LogP contribution is 2.34. The van der Waals surface area contributed by atoms with E-state index in [0.29, 0.717) is 17.7 Å². The predicted octanol–water partition coefficient (Wildman–Crippen LogP) is 2.14. The van der Waals surface area contributed by atoms with Crippen molar-refractivity contribution in [2.45, 2.75) is 18.9 Å². The summed E-state index contributed by atoms with van der Waals surface area (Å²) >= 11 is 3.40. The van der Waals surface area contributed by atoms with E-state index in [1.54, 1.807) is 19.5 Å². The zero-order valence-electron chi connectivity index (χ0n) is 13.5. The van der Waals surface area contributed by atoms with Crippen molar-refractivity contribution < 1.29 is 4.74 Å². The minimum absolute atomic E-state index is 0.408. The second kappa shape index (κ2) is 6.51. The number of aromatic nitrogens is 4. The molecule has 0 aromatic carbocycles. The Morgan fingerprint density at radius 1 is 1.00 bits per heavy atom. The van der Waals surface area contributed by atoms with Crippen molar-refractivity contribution >= 4 is 27.8 Å². The van der Waals surface area contributed by atoms with E-state index in [-0.39, 0.29) is 0 Å². The smallest absolute Gasteiger partial charge is 0.225 e. The largest absolute Gasteiger partial charge is 0.494 e. The highest BCUT2D eigenvalue weighted by atomic mass is 79.9. The Kier molecular flexibility index (Phi) is 4.22. The van der Waals surface area contributed by atoms with Gasteiger partial charge in [-0.15, -0.1) is 0 Å². The summed E-state index contributed by atoms with van der Waals surface area (Å²) in [4.78, 5) is 22.4. The normalized spacial score (nSPS) is 23.2. The number of piperidine rings is 1. The summed E-state index contributed by atoms with van der Waals surface area (Å²) < 4.78 is 6.04. The van der Waals surface area contributed by atoms with Gasteiger partial charge in [-0.2, -0.15) is 0 Å². The number of hydrogen-bond donors (Lipinski definition) is 0. The van der Waals surface area contributed by atoms with Crippen LogP contribution in [0.1, 0.15) is 12.8 Å². The minimum Gasteiger partial charge on any atom is -0.494 e. The third-order valence-corrected chi connectivity index (χ3v) is 5.27. The maximum absolute atomic E-state index is 5.14. The molecule has 24 heavy (non-hydrogen) atoms. The van der Waals surface area contributed by atoms with Crippen molar-refractivity contribution in [3.05, 3.63) is 29.3 Å². The molecule has 2 unspecified atom stereocenters. The van der Waals surface area contributed by atoms with Crippen LogP contribution < -0.4 is 14.5 Å². The second-order valence-corrected chi connectivity index (χ2v) is 7.08. The number of hydrogen-bond acceptors (Lipinski definition) is 7. The maximum Gasteiger partial charge on any atom is 0.225 e. The number of anilines is 2. The molecule has 7 nitrogen and oxygen atoms in total. The summed E-state index contributed by atoms with van der Waals surface area (Å²) in [5, 5.41) is 0. The van der Waals surface area contributed by atoms with Crippen LogP contribution in [-0.4, -0.2) is 52.7 Å². The molecule has 126 valence electrons. The minimum atomic E-state index is 0.408. The molecule has 8 heteroatoms. The Labute approximate surface area is 149 Å². The van der Waals surface area contributed by atoms with Gasteiger partial charge in [0.25, 0.3) is 0 Å². The molecule has 0 N–H and O–H groups in total. The summed E-state index contributed by atoms with van der Waals surface area (Å²) in [6.07, 6.45) is 9.40. The van der Waals surface area contributed by atoms with Crippen LogP contribution in [0.15, 0.2) is 29.3 Å². The molecule has 0 spiro atoms. The monoisotopic (exact) mass is 390 g/mol. The molecule has 4 heterocycles. The number of ether oxygens (including phenoxy) is 1. The van der Waals surface area contributed by atoms with Gasteiger partial charge in [0.2, 0.25) is 11.9 Å². The standard InChI is InChI=1S/C16H19BrN6O/c1-24-13-8-20-15(21-9-13)22-4-2-11-3-5-23(14(11)10-22)16-18-6-12(17)7-19-16/h6-9,11,14H,2-5,10H2,1H3. The highest BCUT2D eigenvalue weighted by Gasteiger charge is 2.40. The fourth-order valence-electron chi connectivity index (χ4n) is 3.60. The number of halogens is 1. The molecule has 2 saturated heterocycles. The highest BCUT2D eigenvalue weighted by molar-refractivity contribution is 9.10. The molecule has 0 aliphatic carbocycles. The van der Waals surface area contributed by atoms with Crippen molar-refractivity contribution in [3.8, 4) is 5.75 Å². The lowest BCUT2D eigenvalue weighted by molar-refractivity contribution is 0.384. The first-order valence-electron chi connectivity index (χ1n) is 8.10. The number of rotatable bonds is 3. The van der Waals surface area contributed by atoms with Crippen LogP contribution in [0.4, 0.5) is 11.9 Å². The van der Waals surface area contributed by atoms with Crippen molar-refractivity contribution in [2.24, 2.45) is 5.92 Å². The fraction of sp³-hybridized carbons (Fsp3) is 0.500. The summed E-state index contributed by atoms with van der Waals surface area (Å²) in [5.41, 5.74) is 0. The zero-order chi connectivity index (χ0) is 16.5. The number of methoxy groups -OCH3 is 1. The van der Waals surface area contributed by atoms with Crippen LogP contribution >= 0.6 is 15.9 Å². The van der Waals surface area contributed by atoms with E-state index >= 15 is 0 Å². The van der Waals surface area contributed by atoms with Gasteiger partial charge >= 0.3 is 0 Å². The Morgan fingerprint density at radius 2 is 1.67 bits per heavy atom. The average molecular weight is 391 g/mol. The van der Waals surface area contributed by atoms with Gasteiger partial charge in [-0.1, -0.05) is 0 Å². The molecular weight excluding hydrogens is 372 g/mol. The summed E-state index contributed by atoms with van der Waals surface area (Å²) in [6, 6.07) is 0.408. The van der Waals surface area contributed by atoms with Gasteiger partial charge in [0, 0.05) is 32.0 Å². The van der Waals surface area contributed by atoms with E-state index in [1.807, 2.05) is 12.4 Å². The lowest BCUT2D eigenvalue weighted by atomic mass is 9.92. The van der Waals surface area contributed by atoms with Gasteiger partial charge in [-0.3, -0.25) is 0 Å². The number of nitrogens with zero attached hydrogens (tertiary/aromatic N) is 6. The van der Waals surface area contributed by atoms with E-state index in [2.05, 4.69) is 45.7 Å². The third-order valence-electron chi connectivity index (χ3n) is 4.86. The third kappa shape index (κ3) is 2.90. The zero-order valence-corrected chi connectivity index (χ0v) is 15.1. The van der Waals surface area contributed by atoms with Gasteiger partial charge in [0.05, 0.1) is 30.0 Å². The fourth-order valence-corrected chi connectivity index (χ4v) is 3.81. The van der Waals surface area contributed by atoms with Crippen LogP contribution in [0.25, 0.3) is 0 Å². The van der Waals surface area contributed by atoms with Crippen molar-refractivity contribution in [1.82, 2.24) is 19.9 Å². The Bertz CT molecular complexity index is 695. The van der Waals surface area contributed by atoms with Crippen LogP contribution in [0.2, 0.25) is 0 Å². The van der Waals surface area contributed by atoms with E-state index < -0.39 is 0 Å². The van der Waals surface area contributed by atoms with Gasteiger partial charge in [-0.05, 0) is 34.7 Å². The van der Waals surface area contributed by atoms with Crippen LogP contribution in [-0.2, 0) is 0 Å². The van der Waals surface area contributed by atoms with Gasteiger partial charge in [-0.25, -0.2) is 19.9 Å². The molecule has 0 saturated carbocycles. The van der Waals surface area contributed by atoms with Crippen molar-refractivity contribution in [2.75, 3.05) is 36.5 Å². The predicted molar refractivity (Wildman–Crippen MR) is 94.4 cm³/mol. The summed E-state index contributed by atoms with van der Waals surface area (Å²) in [6.45, 7) is 2.90. The molecule has 0 bridgehead atoms. The van der Waals surface area contributed by atoms with E-state index in [0.717, 1.165) is 42.4 Å². The quantitative estimate of drug-likeness (QED) is 0.794. The number of fused-ring (bicyclic) bond motifs is 1. The van der Waals surface area contributed by atoms with Gasteiger partial charge in [0.1, 0.15) is 0 Å². The Hall–Kier alpha value is -1.96. The molecular formula is C16H19BrN6O. The molecule has 2 atom stereocenters. The Morgan fingerprint density at radius 3 is 2.38 bits per heavy atom. The topological polar surface area (TPSA) is 67.3 Å². The van der Waals surface area contributed by atoms with Crippen LogP contribution in [0.3, 0.4) is 0 Å². The summed E-state index contributed by atoms with van der Waals surface area (Å²) in [5.74, 6) is 2.94. The summed E-state index contributed by atoms with van der Waals surface area (Å²) in [7, 11) is 1.62. The molecule has 2 fully saturated rings. The van der Waals surface area contributed by atoms with E-state index in [4.69, 9.17) is 4.74 Å². The Balaban J connectivity index is 1.53. The van der Waals surface area contributed by atoms with Crippen LogP contribution in [0, 0.1) is 5.92 Å². The van der Waals surface area contributed by atoms with Gasteiger partial charge < -0.3 is 14.5 Å². The molecule has 2 aliphatic rings. The van der Waals surface area contributed by atoms with Crippen molar-refractivity contribution in [1.29, 1.82) is 0 Å². The molecule has 0 radical (unpaired) electrons. The molecule has 0 amide bonds. The SMILES string of the molecule is COc1cnc(N2CCC3CCN(c4ncc(Br)cn4)C3C2)nc1. The molecule has 2 aromatic rings. The van der Waals surface area contributed by atoms with E-state index in [1.165, 1.54) is 6.42 Å². The molecule has 2 aliphatic heterocycles. The lowest BCUT2D eigenvalue weighted by Crippen LogP contribution is -2.49. The van der Waals surface area contributed by atoms with E-state index in [9.17, 15) is 0 Å². The van der Waals surface area contributed by atoms with Gasteiger partial charge in [0.15, 0.2) is 5.75 Å². The molecule has 4 rings (SSSR count). The maximum atomic E-state index is 5.14. The first-order valence-corrected chi connectivity index (χ1v) is 8.89.